The molecule has 0 fully saturated rings. The molecule has 0 spiro atoms. The van der Waals surface area contributed by atoms with Crippen LogP contribution >= 0.6 is 0 Å². The molecule has 2 atom stereocenters. The highest BCUT2D eigenvalue weighted by Gasteiger charge is 2.63. The highest BCUT2D eigenvalue weighted by Crippen LogP contribution is 2.63. The Labute approximate surface area is 208 Å². The van der Waals surface area contributed by atoms with Gasteiger partial charge in [0.1, 0.15) is 5.75 Å². The number of ether oxygens (including phenoxy) is 2. The zero-order valence-electron chi connectivity index (χ0n) is 24.1. The Kier molecular flexibility index (Phi) is 8.12. The van der Waals surface area contributed by atoms with Crippen molar-refractivity contribution in [2.24, 2.45) is 32.5 Å². The third-order valence-corrected chi connectivity index (χ3v) is 9.34. The van der Waals surface area contributed by atoms with E-state index in [0.29, 0.717) is 17.9 Å². The second kappa shape index (κ2) is 9.20. The van der Waals surface area contributed by atoms with E-state index in [4.69, 9.17) is 15.2 Å². The van der Waals surface area contributed by atoms with E-state index in [2.05, 4.69) is 69.2 Å². The van der Waals surface area contributed by atoms with Crippen LogP contribution in [0.3, 0.4) is 0 Å². The molecule has 0 heterocycles. The van der Waals surface area contributed by atoms with Crippen molar-refractivity contribution in [2.45, 2.75) is 96.4 Å². The molecular formula is C29H49NO4. The lowest BCUT2D eigenvalue weighted by molar-refractivity contribution is -0.188. The molecule has 2 unspecified atom stereocenters. The molecule has 0 amide bonds. The zero-order chi connectivity index (χ0) is 27.1. The number of carbonyl (C=O) groups excluding carboxylic acids is 2. The molecule has 0 aliphatic rings. The summed E-state index contributed by atoms with van der Waals surface area (Å²) >= 11 is 0. The van der Waals surface area contributed by atoms with Crippen molar-refractivity contribution >= 4 is 17.6 Å². The molecule has 0 aliphatic carbocycles. The van der Waals surface area contributed by atoms with Crippen LogP contribution in [0, 0.1) is 39.4 Å². The van der Waals surface area contributed by atoms with Gasteiger partial charge in [-0.15, -0.1) is 0 Å². The van der Waals surface area contributed by atoms with Crippen LogP contribution in [0.2, 0.25) is 0 Å². The van der Waals surface area contributed by atoms with Crippen LogP contribution < -0.4 is 10.5 Å². The first kappa shape index (κ1) is 30.0. The van der Waals surface area contributed by atoms with E-state index in [9.17, 15) is 9.59 Å². The Hall–Kier alpha value is -2.04. The summed E-state index contributed by atoms with van der Waals surface area (Å²) in [6, 6.07) is 5.28. The number of hydrogen-bond donors (Lipinski definition) is 1. The predicted molar refractivity (Wildman–Crippen MR) is 141 cm³/mol. The van der Waals surface area contributed by atoms with Gasteiger partial charge in [-0.05, 0) is 72.6 Å². The van der Waals surface area contributed by atoms with Crippen LogP contribution in [0.15, 0.2) is 18.2 Å². The van der Waals surface area contributed by atoms with Gasteiger partial charge in [-0.3, -0.25) is 9.59 Å². The maximum Gasteiger partial charge on any atom is 0.317 e. The van der Waals surface area contributed by atoms with Gasteiger partial charge >= 0.3 is 11.9 Å². The fraction of sp³-hybridized carbons (Fsp3) is 0.724. The van der Waals surface area contributed by atoms with Crippen molar-refractivity contribution in [2.75, 3.05) is 12.8 Å². The molecule has 1 rings (SSSR count). The van der Waals surface area contributed by atoms with E-state index < -0.39 is 27.1 Å². The van der Waals surface area contributed by atoms with Gasteiger partial charge in [-0.1, -0.05) is 69.2 Å². The monoisotopic (exact) mass is 475 g/mol. The molecule has 1 aromatic rings. The number of methoxy groups -OCH3 is 1. The van der Waals surface area contributed by atoms with Crippen molar-refractivity contribution in [3.63, 3.8) is 0 Å². The third-order valence-electron chi connectivity index (χ3n) is 9.34. The minimum absolute atomic E-state index is 0.240. The number of aryl methyl sites for hydroxylation is 1. The van der Waals surface area contributed by atoms with Crippen LogP contribution in [0.5, 0.6) is 5.75 Å². The van der Waals surface area contributed by atoms with Crippen LogP contribution in [0.4, 0.5) is 5.69 Å². The fourth-order valence-corrected chi connectivity index (χ4v) is 5.13. The van der Waals surface area contributed by atoms with Gasteiger partial charge < -0.3 is 15.2 Å². The Bertz CT molecular complexity index is 917. The zero-order valence-corrected chi connectivity index (χ0v) is 24.1. The molecule has 0 aromatic heterocycles. The van der Waals surface area contributed by atoms with E-state index in [-0.39, 0.29) is 17.4 Å². The highest BCUT2D eigenvalue weighted by atomic mass is 16.5. The van der Waals surface area contributed by atoms with Crippen LogP contribution in [0.25, 0.3) is 0 Å². The predicted octanol–water partition coefficient (Wildman–Crippen LogP) is 7.20. The SMILES string of the molecule is COC(=O)C(C)(C(C)(C)C)C(C)(C)C(C)(C)CC(C)(C(=O)Oc1ccc(N)cc1C)C(C)(C)C. The van der Waals surface area contributed by atoms with Crippen molar-refractivity contribution in [3.05, 3.63) is 23.8 Å². The quantitative estimate of drug-likeness (QED) is 0.256. The smallest absolute Gasteiger partial charge is 0.317 e. The number of anilines is 1. The van der Waals surface area contributed by atoms with Crippen molar-refractivity contribution in [1.82, 2.24) is 0 Å². The summed E-state index contributed by atoms with van der Waals surface area (Å²) in [5.74, 6) is -0.0104. The summed E-state index contributed by atoms with van der Waals surface area (Å²) < 4.78 is 11.3. The van der Waals surface area contributed by atoms with Crippen molar-refractivity contribution in [1.29, 1.82) is 0 Å². The largest absolute Gasteiger partial charge is 0.469 e. The van der Waals surface area contributed by atoms with E-state index >= 15 is 0 Å². The number of esters is 2. The average molecular weight is 476 g/mol. The molecule has 5 heteroatoms. The first-order valence-electron chi connectivity index (χ1n) is 12.2. The second-order valence-corrected chi connectivity index (χ2v) is 13.5. The number of benzene rings is 1. The molecule has 1 aromatic carbocycles. The number of rotatable bonds is 7. The van der Waals surface area contributed by atoms with Crippen LogP contribution in [-0.2, 0) is 14.3 Å². The van der Waals surface area contributed by atoms with E-state index in [0.717, 1.165) is 5.56 Å². The molecular weight excluding hydrogens is 426 g/mol. The number of hydrogen-bond acceptors (Lipinski definition) is 5. The fourth-order valence-electron chi connectivity index (χ4n) is 5.13. The summed E-state index contributed by atoms with van der Waals surface area (Å²) in [4.78, 5) is 27.1. The first-order valence-corrected chi connectivity index (χ1v) is 12.2. The highest BCUT2D eigenvalue weighted by molar-refractivity contribution is 5.81. The van der Waals surface area contributed by atoms with Gasteiger partial charge in [0, 0.05) is 5.69 Å². The minimum atomic E-state index is -0.837. The van der Waals surface area contributed by atoms with Crippen LogP contribution in [-0.4, -0.2) is 19.0 Å². The summed E-state index contributed by atoms with van der Waals surface area (Å²) in [6.45, 7) is 26.8. The van der Waals surface area contributed by atoms with Gasteiger partial charge in [0.15, 0.2) is 0 Å². The third kappa shape index (κ3) is 4.99. The normalized spacial score (nSPS) is 16.9. The first-order chi connectivity index (χ1) is 15.0. The molecule has 0 saturated heterocycles. The molecule has 194 valence electrons. The van der Waals surface area contributed by atoms with Crippen LogP contribution in [0.1, 0.15) is 95.1 Å². The van der Waals surface area contributed by atoms with Gasteiger partial charge in [0.05, 0.1) is 17.9 Å². The van der Waals surface area contributed by atoms with Gasteiger partial charge in [-0.2, -0.15) is 0 Å². The Balaban J connectivity index is 3.58. The molecule has 5 nitrogen and oxygen atoms in total. The van der Waals surface area contributed by atoms with Gasteiger partial charge in [-0.25, -0.2) is 0 Å². The maximum atomic E-state index is 13.8. The molecule has 34 heavy (non-hydrogen) atoms. The van der Waals surface area contributed by atoms with E-state index in [1.54, 1.807) is 18.2 Å². The molecule has 2 N–H and O–H groups in total. The lowest BCUT2D eigenvalue weighted by Gasteiger charge is -2.59. The molecule has 0 bridgehead atoms. The molecule has 0 radical (unpaired) electrons. The number of carbonyl (C=O) groups is 2. The Morgan fingerprint density at radius 3 is 1.71 bits per heavy atom. The topological polar surface area (TPSA) is 78.6 Å². The van der Waals surface area contributed by atoms with Crippen molar-refractivity contribution < 1.29 is 19.1 Å². The van der Waals surface area contributed by atoms with Gasteiger partial charge in [0.2, 0.25) is 0 Å². The standard InChI is InChI=1S/C29H49NO4/c1-19-17-20(30)15-16-21(19)34-22(31)28(12,24(2,3)4)18-26(8,9)27(10,11)29(13,23(32)33-14)25(5,6)7/h15-17H,18,30H2,1-14H3. The summed E-state index contributed by atoms with van der Waals surface area (Å²) in [6.07, 6.45) is 0.520. The summed E-state index contributed by atoms with van der Waals surface area (Å²) in [7, 11) is 1.45. The Morgan fingerprint density at radius 1 is 0.824 bits per heavy atom. The minimum Gasteiger partial charge on any atom is -0.469 e. The van der Waals surface area contributed by atoms with Crippen molar-refractivity contribution in [3.8, 4) is 5.75 Å². The second-order valence-electron chi connectivity index (χ2n) is 13.5. The van der Waals surface area contributed by atoms with E-state index in [1.165, 1.54) is 7.11 Å². The van der Waals surface area contributed by atoms with E-state index in [1.807, 2.05) is 20.8 Å². The lowest BCUT2D eigenvalue weighted by atomic mass is 9.44. The van der Waals surface area contributed by atoms with Gasteiger partial charge in [0.25, 0.3) is 0 Å². The maximum absolute atomic E-state index is 13.8. The molecule has 0 saturated carbocycles. The average Bonchev–Trinajstić information content (AvgIpc) is 2.66. The molecule has 0 aliphatic heterocycles. The summed E-state index contributed by atoms with van der Waals surface area (Å²) in [5.41, 5.74) is 3.92. The number of nitrogens with two attached hydrogens (primary N) is 1. The number of nitrogen functional groups attached to an aromatic ring is 1. The summed E-state index contributed by atoms with van der Waals surface area (Å²) in [5, 5.41) is 0. The lowest BCUT2D eigenvalue weighted by Crippen LogP contribution is -2.59. The Morgan fingerprint density at radius 2 is 1.32 bits per heavy atom.